The Kier molecular flexibility index (Phi) is 13.1. The summed E-state index contributed by atoms with van der Waals surface area (Å²) in [5, 5.41) is 12.8. The fourth-order valence-corrected chi connectivity index (χ4v) is 4.47. The third-order valence-electron chi connectivity index (χ3n) is 6.18. The van der Waals surface area contributed by atoms with Crippen LogP contribution in [0.15, 0.2) is 30.5 Å². The monoisotopic (exact) mass is 446 g/mol. The van der Waals surface area contributed by atoms with Gasteiger partial charge in [-0.1, -0.05) is 95.7 Å². The van der Waals surface area contributed by atoms with E-state index in [2.05, 4.69) is 23.7 Å². The normalized spacial score (nSPS) is 12.7. The summed E-state index contributed by atoms with van der Waals surface area (Å²) in [6.07, 6.45) is 16.9. The van der Waals surface area contributed by atoms with Gasteiger partial charge in [0.1, 0.15) is 0 Å². The summed E-state index contributed by atoms with van der Waals surface area (Å²) in [6.45, 7) is 7.37. The number of hydrogen-bond acceptors (Lipinski definition) is 3. The molecule has 1 heterocycles. The van der Waals surface area contributed by atoms with Gasteiger partial charge in [0.05, 0.1) is 11.6 Å². The molecule has 0 radical (unpaired) electrons. The van der Waals surface area contributed by atoms with E-state index in [4.69, 9.17) is 11.6 Å². The van der Waals surface area contributed by atoms with Gasteiger partial charge in [-0.25, -0.2) is 0 Å². The van der Waals surface area contributed by atoms with Gasteiger partial charge in [0, 0.05) is 23.2 Å². The number of aromatic nitrogens is 1. The minimum absolute atomic E-state index is 0.508. The molecule has 1 atom stereocenters. The molecular formula is C27H43ClN2O. The molecule has 2 rings (SSSR count). The number of benzene rings is 1. The summed E-state index contributed by atoms with van der Waals surface area (Å²) in [5.41, 5.74) is 1.81. The fourth-order valence-electron chi connectivity index (χ4n) is 4.30. The highest BCUT2D eigenvalue weighted by molar-refractivity contribution is 6.31. The minimum Gasteiger partial charge on any atom is -0.387 e. The van der Waals surface area contributed by atoms with Crippen LogP contribution in [0.25, 0.3) is 10.9 Å². The first-order valence-corrected chi connectivity index (χ1v) is 13.0. The van der Waals surface area contributed by atoms with E-state index in [0.717, 1.165) is 29.6 Å². The molecule has 31 heavy (non-hydrogen) atoms. The molecule has 3 nitrogen and oxygen atoms in total. The molecule has 0 bridgehead atoms. The highest BCUT2D eigenvalue weighted by atomic mass is 35.5. The molecule has 1 N–H and O–H groups in total. The van der Waals surface area contributed by atoms with Crippen molar-refractivity contribution in [3.63, 3.8) is 0 Å². The number of halogens is 1. The van der Waals surface area contributed by atoms with Gasteiger partial charge in [-0.05, 0) is 49.7 Å². The molecule has 1 aromatic carbocycles. The van der Waals surface area contributed by atoms with Gasteiger partial charge in [-0.2, -0.15) is 0 Å². The van der Waals surface area contributed by atoms with E-state index in [9.17, 15) is 5.11 Å². The second-order valence-corrected chi connectivity index (χ2v) is 9.35. The molecule has 1 aromatic heterocycles. The summed E-state index contributed by atoms with van der Waals surface area (Å²) >= 11 is 6.13. The van der Waals surface area contributed by atoms with E-state index in [1.165, 1.54) is 77.0 Å². The van der Waals surface area contributed by atoms with Crippen molar-refractivity contribution in [1.82, 2.24) is 9.88 Å². The summed E-state index contributed by atoms with van der Waals surface area (Å²) in [6, 6.07) is 7.69. The first-order chi connectivity index (χ1) is 15.2. The molecule has 0 spiro atoms. The Balaban J connectivity index is 1.93. The Labute approximate surface area is 195 Å². The van der Waals surface area contributed by atoms with Crippen molar-refractivity contribution in [3.05, 3.63) is 41.0 Å². The lowest BCUT2D eigenvalue weighted by Gasteiger charge is -2.26. The van der Waals surface area contributed by atoms with E-state index in [-0.39, 0.29) is 0 Å². The minimum atomic E-state index is -0.508. The smallest absolute Gasteiger partial charge is 0.0924 e. The van der Waals surface area contributed by atoms with Crippen LogP contribution in [0.3, 0.4) is 0 Å². The number of aliphatic hydroxyl groups is 1. The van der Waals surface area contributed by atoms with E-state index in [1.54, 1.807) is 6.20 Å². The molecule has 0 fully saturated rings. The van der Waals surface area contributed by atoms with Gasteiger partial charge in [-0.3, -0.25) is 4.98 Å². The van der Waals surface area contributed by atoms with Crippen LogP contribution < -0.4 is 0 Å². The van der Waals surface area contributed by atoms with Crippen LogP contribution in [0.5, 0.6) is 0 Å². The van der Waals surface area contributed by atoms with Gasteiger partial charge < -0.3 is 10.0 Å². The van der Waals surface area contributed by atoms with Crippen LogP contribution in [0.2, 0.25) is 5.02 Å². The van der Waals surface area contributed by atoms with Crippen molar-refractivity contribution >= 4 is 22.5 Å². The molecule has 0 amide bonds. The molecule has 0 saturated heterocycles. The number of fused-ring (bicyclic) bond motifs is 1. The van der Waals surface area contributed by atoms with Crippen molar-refractivity contribution < 1.29 is 5.11 Å². The maximum absolute atomic E-state index is 11.1. The van der Waals surface area contributed by atoms with Crippen LogP contribution in [0.4, 0.5) is 0 Å². The Morgan fingerprint density at radius 2 is 1.42 bits per heavy atom. The number of hydrogen-bond donors (Lipinski definition) is 1. The predicted molar refractivity (Wildman–Crippen MR) is 135 cm³/mol. The Morgan fingerprint density at radius 3 is 2.03 bits per heavy atom. The van der Waals surface area contributed by atoms with Gasteiger partial charge in [0.2, 0.25) is 0 Å². The van der Waals surface area contributed by atoms with Crippen LogP contribution in [-0.2, 0) is 0 Å². The zero-order valence-corrected chi connectivity index (χ0v) is 20.5. The Morgan fingerprint density at radius 1 is 0.839 bits per heavy atom. The number of unbranched alkanes of at least 4 members (excludes halogenated alkanes) is 10. The lowest BCUT2D eigenvalue weighted by atomic mass is 10.0. The van der Waals surface area contributed by atoms with Crippen LogP contribution in [0.1, 0.15) is 103 Å². The molecular weight excluding hydrogens is 404 g/mol. The second kappa shape index (κ2) is 15.6. The standard InChI is InChI=1S/C27H43ClN2O/c1-3-5-7-9-11-13-19-30(20-14-12-10-8-6-4-2)22-27(31)25-17-18-29-26-21-23(28)15-16-24(25)26/h15-18,21,27,31H,3-14,19-20,22H2,1-2H3. The summed E-state index contributed by atoms with van der Waals surface area (Å²) in [7, 11) is 0. The second-order valence-electron chi connectivity index (χ2n) is 8.91. The third-order valence-corrected chi connectivity index (χ3v) is 6.42. The fraction of sp³-hybridized carbons (Fsp3) is 0.667. The molecule has 0 aliphatic rings. The van der Waals surface area contributed by atoms with Gasteiger partial charge in [0.25, 0.3) is 0 Å². The van der Waals surface area contributed by atoms with Crippen LogP contribution in [-0.4, -0.2) is 34.6 Å². The van der Waals surface area contributed by atoms with Crippen molar-refractivity contribution in [2.75, 3.05) is 19.6 Å². The van der Waals surface area contributed by atoms with E-state index in [1.807, 2.05) is 24.3 Å². The maximum atomic E-state index is 11.1. The lowest BCUT2D eigenvalue weighted by Crippen LogP contribution is -2.31. The Bertz CT molecular complexity index is 720. The van der Waals surface area contributed by atoms with Gasteiger partial charge >= 0.3 is 0 Å². The van der Waals surface area contributed by atoms with Crippen molar-refractivity contribution in [2.24, 2.45) is 0 Å². The maximum Gasteiger partial charge on any atom is 0.0924 e. The third kappa shape index (κ3) is 9.89. The first-order valence-electron chi connectivity index (χ1n) is 12.6. The summed E-state index contributed by atoms with van der Waals surface area (Å²) in [4.78, 5) is 6.90. The van der Waals surface area contributed by atoms with Crippen LogP contribution in [0, 0.1) is 0 Å². The SMILES string of the molecule is CCCCCCCCN(CCCCCCCC)CC(O)c1ccnc2cc(Cl)ccc12. The molecule has 0 aliphatic carbocycles. The molecule has 0 saturated carbocycles. The lowest BCUT2D eigenvalue weighted by molar-refractivity contribution is 0.111. The summed E-state index contributed by atoms with van der Waals surface area (Å²) in [5.74, 6) is 0. The average Bonchev–Trinajstić information content (AvgIpc) is 2.77. The van der Waals surface area contributed by atoms with Crippen molar-refractivity contribution in [1.29, 1.82) is 0 Å². The molecule has 0 aliphatic heterocycles. The highest BCUT2D eigenvalue weighted by Crippen LogP contribution is 2.26. The van der Waals surface area contributed by atoms with E-state index < -0.39 is 6.10 Å². The summed E-state index contributed by atoms with van der Waals surface area (Å²) < 4.78 is 0. The average molecular weight is 447 g/mol. The van der Waals surface area contributed by atoms with Crippen molar-refractivity contribution in [2.45, 2.75) is 97.0 Å². The number of pyridine rings is 1. The molecule has 2 aromatic rings. The van der Waals surface area contributed by atoms with Crippen molar-refractivity contribution in [3.8, 4) is 0 Å². The van der Waals surface area contributed by atoms with Gasteiger partial charge in [0.15, 0.2) is 0 Å². The highest BCUT2D eigenvalue weighted by Gasteiger charge is 2.16. The van der Waals surface area contributed by atoms with E-state index in [0.29, 0.717) is 11.6 Å². The van der Waals surface area contributed by atoms with E-state index >= 15 is 0 Å². The predicted octanol–water partition coefficient (Wildman–Crippen LogP) is 7.94. The number of aliphatic hydroxyl groups excluding tert-OH is 1. The zero-order chi connectivity index (χ0) is 22.3. The molecule has 4 heteroatoms. The zero-order valence-electron chi connectivity index (χ0n) is 19.8. The number of nitrogens with zero attached hydrogens (tertiary/aromatic N) is 2. The largest absolute Gasteiger partial charge is 0.387 e. The quantitative estimate of drug-likeness (QED) is 0.250. The first kappa shape index (κ1) is 26.1. The van der Waals surface area contributed by atoms with Crippen LogP contribution >= 0.6 is 11.6 Å². The number of rotatable bonds is 17. The topological polar surface area (TPSA) is 36.4 Å². The molecule has 174 valence electrons. The Hall–Kier alpha value is -1.16. The molecule has 1 unspecified atom stereocenters. The van der Waals surface area contributed by atoms with Gasteiger partial charge in [-0.15, -0.1) is 0 Å².